The Hall–Kier alpha value is -4.50. The molecule has 1 aromatic carbocycles. The van der Waals surface area contributed by atoms with E-state index in [0.717, 1.165) is 55.8 Å². The first kappa shape index (κ1) is 23.3. The van der Waals surface area contributed by atoms with E-state index in [1.807, 2.05) is 61.8 Å². The lowest BCUT2D eigenvalue weighted by Gasteiger charge is -2.11. The predicted molar refractivity (Wildman–Crippen MR) is 140 cm³/mol. The van der Waals surface area contributed by atoms with Gasteiger partial charge in [-0.25, -0.2) is 4.98 Å². The Morgan fingerprint density at radius 2 is 1.94 bits per heavy atom. The summed E-state index contributed by atoms with van der Waals surface area (Å²) in [5, 5.41) is 12.7. The van der Waals surface area contributed by atoms with Crippen molar-refractivity contribution in [2.45, 2.75) is 13.5 Å². The predicted octanol–water partition coefficient (Wildman–Crippen LogP) is 4.57. The van der Waals surface area contributed by atoms with Crippen LogP contribution in [-0.2, 0) is 23.1 Å². The number of aryl methyl sites for hydroxylation is 2. The number of carbonyl (C=O) groups excluding carboxylic acids is 1. The maximum Gasteiger partial charge on any atom is 0.247 e. The third-order valence-electron chi connectivity index (χ3n) is 6.10. The second-order valence-electron chi connectivity index (χ2n) is 8.61. The van der Waals surface area contributed by atoms with Crippen LogP contribution in [0.1, 0.15) is 5.56 Å². The van der Waals surface area contributed by atoms with Gasteiger partial charge in [0.2, 0.25) is 5.91 Å². The molecule has 0 fully saturated rings. The van der Waals surface area contributed by atoms with Crippen LogP contribution in [0.15, 0.2) is 67.9 Å². The number of nitrogens with zero attached hydrogens (tertiary/aromatic N) is 5. The molecule has 0 aliphatic heterocycles. The minimum absolute atomic E-state index is 0.254. The van der Waals surface area contributed by atoms with Crippen molar-refractivity contribution in [1.29, 1.82) is 0 Å². The van der Waals surface area contributed by atoms with Gasteiger partial charge in [0.25, 0.3) is 0 Å². The van der Waals surface area contributed by atoms with Crippen molar-refractivity contribution in [3.8, 4) is 33.5 Å². The topological polar surface area (TPSA) is 103 Å². The smallest absolute Gasteiger partial charge is 0.247 e. The zero-order valence-corrected chi connectivity index (χ0v) is 20.4. The van der Waals surface area contributed by atoms with Crippen LogP contribution in [0.2, 0.25) is 0 Å². The number of aromatic amines is 1. The van der Waals surface area contributed by atoms with Gasteiger partial charge in [-0.1, -0.05) is 18.7 Å². The molecule has 0 unspecified atom stereocenters. The fourth-order valence-corrected chi connectivity index (χ4v) is 4.21. The third kappa shape index (κ3) is 4.44. The highest BCUT2D eigenvalue weighted by molar-refractivity contribution is 6.05. The molecule has 0 atom stereocenters. The normalized spacial score (nSPS) is 11.2. The minimum Gasteiger partial charge on any atom is -0.383 e. The van der Waals surface area contributed by atoms with Gasteiger partial charge < -0.3 is 15.0 Å². The number of H-pyrrole nitrogens is 1. The van der Waals surface area contributed by atoms with Crippen molar-refractivity contribution in [3.63, 3.8) is 0 Å². The summed E-state index contributed by atoms with van der Waals surface area (Å²) >= 11 is 0. The highest BCUT2D eigenvalue weighted by atomic mass is 16.5. The van der Waals surface area contributed by atoms with E-state index in [-0.39, 0.29) is 5.91 Å². The molecule has 36 heavy (non-hydrogen) atoms. The van der Waals surface area contributed by atoms with Crippen molar-refractivity contribution in [1.82, 2.24) is 29.5 Å². The minimum atomic E-state index is -0.254. The largest absolute Gasteiger partial charge is 0.383 e. The van der Waals surface area contributed by atoms with Crippen LogP contribution < -0.4 is 5.32 Å². The summed E-state index contributed by atoms with van der Waals surface area (Å²) in [4.78, 5) is 20.3. The fraction of sp³-hybridized carbons (Fsp3) is 0.185. The number of hydrogen-bond donors (Lipinski definition) is 2. The van der Waals surface area contributed by atoms with Crippen LogP contribution in [0.25, 0.3) is 44.5 Å². The molecule has 1 amide bonds. The number of carbonyl (C=O) groups is 1. The van der Waals surface area contributed by atoms with Gasteiger partial charge in [-0.3, -0.25) is 14.2 Å². The van der Waals surface area contributed by atoms with Crippen molar-refractivity contribution < 1.29 is 9.53 Å². The molecular weight excluding hydrogens is 454 g/mol. The number of nitrogens with one attached hydrogen (secondary N) is 2. The van der Waals surface area contributed by atoms with E-state index in [4.69, 9.17) is 9.72 Å². The van der Waals surface area contributed by atoms with E-state index in [2.05, 4.69) is 39.2 Å². The van der Waals surface area contributed by atoms with Crippen LogP contribution in [0.4, 0.5) is 5.69 Å². The number of hydrogen-bond acceptors (Lipinski definition) is 5. The Balaban J connectivity index is 1.68. The van der Waals surface area contributed by atoms with Gasteiger partial charge in [0.05, 0.1) is 31.2 Å². The van der Waals surface area contributed by atoms with Crippen LogP contribution in [0.5, 0.6) is 0 Å². The van der Waals surface area contributed by atoms with Gasteiger partial charge in [-0.15, -0.1) is 0 Å². The maximum absolute atomic E-state index is 12.0. The number of rotatable bonds is 8. The Labute approximate surface area is 208 Å². The number of aromatic nitrogens is 6. The van der Waals surface area contributed by atoms with Gasteiger partial charge in [0.15, 0.2) is 0 Å². The van der Waals surface area contributed by atoms with Crippen LogP contribution in [0.3, 0.4) is 0 Å². The molecule has 0 saturated carbocycles. The Morgan fingerprint density at radius 1 is 1.11 bits per heavy atom. The molecule has 9 nitrogen and oxygen atoms in total. The Bertz CT molecular complexity index is 1570. The van der Waals surface area contributed by atoms with Gasteiger partial charge in [-0.05, 0) is 36.3 Å². The SMILES string of the molecule is C=CC(=O)Nc1cc(-c2c(-c3cnn(C)c3)[nH]c3ncc(-c4cnn(CCOC)c4)cc23)ccc1C. The molecule has 2 N–H and O–H groups in total. The Kier molecular flexibility index (Phi) is 6.22. The van der Waals surface area contributed by atoms with E-state index < -0.39 is 0 Å². The number of anilines is 1. The standard InChI is InChI=1S/C27H27N7O2/c1-5-24(35)31-23-11-18(7-6-17(23)2)25-22-10-19(20-13-30-34(16-20)8-9-36-4)12-28-27(22)32-26(25)21-14-29-33(3)15-21/h5-7,10-16H,1,8-9H2,2-4H3,(H,28,32)(H,31,35). The summed E-state index contributed by atoms with van der Waals surface area (Å²) in [6.45, 7) is 6.79. The molecule has 0 aliphatic carbocycles. The number of pyridine rings is 1. The van der Waals surface area contributed by atoms with Crippen molar-refractivity contribution >= 4 is 22.6 Å². The van der Waals surface area contributed by atoms with E-state index in [9.17, 15) is 4.79 Å². The lowest BCUT2D eigenvalue weighted by molar-refractivity contribution is -0.111. The average Bonchev–Trinajstić information content (AvgIpc) is 3.61. The summed E-state index contributed by atoms with van der Waals surface area (Å²) in [6, 6.07) is 8.15. The van der Waals surface area contributed by atoms with E-state index in [1.165, 1.54) is 6.08 Å². The summed E-state index contributed by atoms with van der Waals surface area (Å²) in [5.41, 5.74) is 8.14. The molecule has 9 heteroatoms. The first-order chi connectivity index (χ1) is 17.5. The quantitative estimate of drug-likeness (QED) is 0.316. The molecule has 0 bridgehead atoms. The Morgan fingerprint density at radius 3 is 2.69 bits per heavy atom. The second kappa shape index (κ2) is 9.63. The number of ether oxygens (including phenoxy) is 1. The van der Waals surface area contributed by atoms with Gasteiger partial charge in [0, 0.05) is 66.1 Å². The number of benzene rings is 1. The lowest BCUT2D eigenvalue weighted by atomic mass is 9.97. The average molecular weight is 482 g/mol. The van der Waals surface area contributed by atoms with Crippen molar-refractivity contribution in [2.24, 2.45) is 7.05 Å². The first-order valence-corrected chi connectivity index (χ1v) is 11.5. The van der Waals surface area contributed by atoms with Crippen molar-refractivity contribution in [2.75, 3.05) is 19.0 Å². The summed E-state index contributed by atoms with van der Waals surface area (Å²) < 4.78 is 8.79. The monoisotopic (exact) mass is 481 g/mol. The number of amides is 1. The third-order valence-corrected chi connectivity index (χ3v) is 6.10. The van der Waals surface area contributed by atoms with Gasteiger partial charge >= 0.3 is 0 Å². The van der Waals surface area contributed by atoms with E-state index in [1.54, 1.807) is 11.8 Å². The van der Waals surface area contributed by atoms with Gasteiger partial charge in [0.1, 0.15) is 5.65 Å². The molecule has 4 aromatic heterocycles. The maximum atomic E-state index is 12.0. The van der Waals surface area contributed by atoms with E-state index in [0.29, 0.717) is 13.2 Å². The molecule has 0 spiro atoms. The zero-order chi connectivity index (χ0) is 25.2. The van der Waals surface area contributed by atoms with E-state index >= 15 is 0 Å². The van der Waals surface area contributed by atoms with Crippen molar-refractivity contribution in [3.05, 3.63) is 73.5 Å². The molecule has 0 radical (unpaired) electrons. The molecule has 4 heterocycles. The zero-order valence-electron chi connectivity index (χ0n) is 20.4. The highest BCUT2D eigenvalue weighted by Gasteiger charge is 2.19. The highest BCUT2D eigenvalue weighted by Crippen LogP contribution is 2.40. The second-order valence-corrected chi connectivity index (χ2v) is 8.61. The fourth-order valence-electron chi connectivity index (χ4n) is 4.21. The number of methoxy groups -OCH3 is 1. The summed E-state index contributed by atoms with van der Waals surface area (Å²) in [6.07, 6.45) is 10.7. The van der Waals surface area contributed by atoms with Crippen LogP contribution in [-0.4, -0.2) is 49.2 Å². The number of fused-ring (bicyclic) bond motifs is 1. The molecule has 5 rings (SSSR count). The molecule has 5 aromatic rings. The summed E-state index contributed by atoms with van der Waals surface area (Å²) in [5.74, 6) is -0.254. The molecule has 0 aliphatic rings. The lowest BCUT2D eigenvalue weighted by Crippen LogP contribution is -2.08. The summed E-state index contributed by atoms with van der Waals surface area (Å²) in [7, 11) is 3.56. The van der Waals surface area contributed by atoms with Crippen LogP contribution in [0, 0.1) is 6.92 Å². The molecular formula is C27H27N7O2. The molecule has 182 valence electrons. The molecule has 0 saturated heterocycles. The van der Waals surface area contributed by atoms with Crippen LogP contribution >= 0.6 is 0 Å². The first-order valence-electron chi connectivity index (χ1n) is 11.5. The van der Waals surface area contributed by atoms with Gasteiger partial charge in [-0.2, -0.15) is 10.2 Å².